The van der Waals surface area contributed by atoms with Crippen molar-refractivity contribution in [3.8, 4) is 0 Å². The zero-order chi connectivity index (χ0) is 21.8. The van der Waals surface area contributed by atoms with Gasteiger partial charge in [0.05, 0.1) is 11.1 Å². The quantitative estimate of drug-likeness (QED) is 0.389. The largest absolute Gasteiger partial charge is 0.335 e. The Morgan fingerprint density at radius 3 is 2.74 bits per heavy atom. The van der Waals surface area contributed by atoms with E-state index in [4.69, 9.17) is 4.98 Å². The zero-order valence-corrected chi connectivity index (χ0v) is 19.2. The van der Waals surface area contributed by atoms with Crippen LogP contribution in [0.2, 0.25) is 0 Å². The Kier molecular flexibility index (Phi) is 7.12. The van der Waals surface area contributed by atoms with Gasteiger partial charge in [-0.3, -0.25) is 19.5 Å². The highest BCUT2D eigenvalue weighted by molar-refractivity contribution is 7.99. The maximum Gasteiger partial charge on any atom is 0.321 e. The summed E-state index contributed by atoms with van der Waals surface area (Å²) < 4.78 is 1.58. The molecular weight excluding hydrogens is 432 g/mol. The summed E-state index contributed by atoms with van der Waals surface area (Å²) in [5, 5.41) is 6.49. The third kappa shape index (κ3) is 5.03. The molecule has 0 aliphatic heterocycles. The maximum atomic E-state index is 13.2. The highest BCUT2D eigenvalue weighted by Gasteiger charge is 2.23. The van der Waals surface area contributed by atoms with Crippen molar-refractivity contribution < 1.29 is 9.59 Å². The highest BCUT2D eigenvalue weighted by Crippen LogP contribution is 2.34. The Hall–Kier alpha value is -2.13. The second-order valence-corrected chi connectivity index (χ2v) is 10.2. The van der Waals surface area contributed by atoms with Crippen molar-refractivity contribution in [1.82, 2.24) is 20.2 Å². The number of aryl methyl sites for hydroxylation is 2. The number of carbonyl (C=O) groups is 2. The SMILES string of the molecule is C=CCn1c(SCC(=O)NC(=O)NC2CCCCC2)nc2sc3c(c2c1=O)CCCC3. The van der Waals surface area contributed by atoms with Crippen LogP contribution >= 0.6 is 23.1 Å². The smallest absolute Gasteiger partial charge is 0.321 e. The first-order valence-corrected chi connectivity index (χ1v) is 12.8. The molecular formula is C22H28N4O3S2. The number of nitrogens with one attached hydrogen (secondary N) is 2. The van der Waals surface area contributed by atoms with Gasteiger partial charge in [-0.05, 0) is 44.1 Å². The van der Waals surface area contributed by atoms with Gasteiger partial charge in [0.15, 0.2) is 5.16 Å². The molecule has 4 rings (SSSR count). The van der Waals surface area contributed by atoms with Crippen molar-refractivity contribution in [2.45, 2.75) is 75.5 Å². The van der Waals surface area contributed by atoms with Crippen LogP contribution in [0.15, 0.2) is 22.6 Å². The molecule has 0 radical (unpaired) electrons. The van der Waals surface area contributed by atoms with Gasteiger partial charge in [0.2, 0.25) is 5.91 Å². The van der Waals surface area contributed by atoms with Gasteiger partial charge in [-0.15, -0.1) is 17.9 Å². The molecule has 0 saturated heterocycles. The van der Waals surface area contributed by atoms with E-state index in [1.165, 1.54) is 23.1 Å². The fraction of sp³-hybridized carbons (Fsp3) is 0.545. The lowest BCUT2D eigenvalue weighted by Crippen LogP contribution is -2.45. The number of fused-ring (bicyclic) bond motifs is 3. The van der Waals surface area contributed by atoms with Crippen LogP contribution in [0.25, 0.3) is 10.2 Å². The molecule has 2 aromatic rings. The van der Waals surface area contributed by atoms with E-state index in [1.807, 2.05) is 0 Å². The molecule has 2 aliphatic rings. The first-order valence-electron chi connectivity index (χ1n) is 11.0. The van der Waals surface area contributed by atoms with Gasteiger partial charge in [-0.1, -0.05) is 37.1 Å². The molecule has 2 aromatic heterocycles. The lowest BCUT2D eigenvalue weighted by molar-refractivity contribution is -0.117. The third-order valence-electron chi connectivity index (χ3n) is 5.88. The van der Waals surface area contributed by atoms with Crippen LogP contribution in [0.4, 0.5) is 4.79 Å². The van der Waals surface area contributed by atoms with Crippen molar-refractivity contribution in [2.75, 3.05) is 5.75 Å². The molecule has 0 spiro atoms. The Morgan fingerprint density at radius 1 is 1.19 bits per heavy atom. The number of amides is 3. The van der Waals surface area contributed by atoms with E-state index in [2.05, 4.69) is 17.2 Å². The topological polar surface area (TPSA) is 93.1 Å². The number of nitrogens with zero attached hydrogens (tertiary/aromatic N) is 2. The molecule has 0 unspecified atom stereocenters. The van der Waals surface area contributed by atoms with E-state index in [0.717, 1.165) is 67.1 Å². The van der Waals surface area contributed by atoms with Gasteiger partial charge < -0.3 is 5.32 Å². The molecule has 0 aromatic carbocycles. The summed E-state index contributed by atoms with van der Waals surface area (Å²) >= 11 is 2.77. The summed E-state index contributed by atoms with van der Waals surface area (Å²) in [4.78, 5) is 44.4. The van der Waals surface area contributed by atoms with Crippen LogP contribution in [-0.4, -0.2) is 33.3 Å². The molecule has 2 heterocycles. The number of rotatable bonds is 6. The number of urea groups is 1. The Bertz CT molecular complexity index is 1050. The normalized spacial score (nSPS) is 16.6. The van der Waals surface area contributed by atoms with E-state index >= 15 is 0 Å². The number of hydrogen-bond donors (Lipinski definition) is 2. The molecule has 0 atom stereocenters. The number of allylic oxidation sites excluding steroid dienone is 1. The number of aromatic nitrogens is 2. The zero-order valence-electron chi connectivity index (χ0n) is 17.6. The molecule has 3 amide bonds. The minimum atomic E-state index is -0.449. The van der Waals surface area contributed by atoms with Crippen molar-refractivity contribution in [3.63, 3.8) is 0 Å². The molecule has 1 saturated carbocycles. The standard InChI is InChI=1S/C22H28N4O3S2/c1-2-12-26-20(28)18-15-10-6-7-11-16(15)31-19(18)25-22(26)30-13-17(27)24-21(29)23-14-8-4-3-5-9-14/h2,14H,1,3-13H2,(H2,23,24,27,29). The van der Waals surface area contributed by atoms with Crippen LogP contribution in [0.1, 0.15) is 55.4 Å². The molecule has 9 heteroatoms. The summed E-state index contributed by atoms with van der Waals surface area (Å²) in [6, 6.07) is -0.309. The Labute approximate surface area is 189 Å². The first kappa shape index (κ1) is 22.1. The van der Waals surface area contributed by atoms with E-state index in [0.29, 0.717) is 11.7 Å². The average Bonchev–Trinajstić information content (AvgIpc) is 3.13. The van der Waals surface area contributed by atoms with Crippen LogP contribution < -0.4 is 16.2 Å². The molecule has 0 bridgehead atoms. The average molecular weight is 461 g/mol. The molecule has 7 nitrogen and oxygen atoms in total. The number of thioether (sulfide) groups is 1. The monoisotopic (exact) mass is 460 g/mol. The molecule has 31 heavy (non-hydrogen) atoms. The van der Waals surface area contributed by atoms with Crippen molar-refractivity contribution in [2.24, 2.45) is 0 Å². The predicted octanol–water partition coefficient (Wildman–Crippen LogP) is 3.77. The van der Waals surface area contributed by atoms with Crippen molar-refractivity contribution >= 4 is 45.3 Å². The number of hydrogen-bond acceptors (Lipinski definition) is 6. The molecule has 1 fully saturated rings. The number of carbonyl (C=O) groups excluding carboxylic acids is 2. The first-order chi connectivity index (χ1) is 15.1. The van der Waals surface area contributed by atoms with Crippen molar-refractivity contribution in [3.05, 3.63) is 33.4 Å². The van der Waals surface area contributed by atoms with E-state index in [-0.39, 0.29) is 17.4 Å². The summed E-state index contributed by atoms with van der Waals surface area (Å²) in [5.41, 5.74) is 1.08. The number of imide groups is 1. The molecule has 2 aliphatic carbocycles. The number of thiophene rings is 1. The summed E-state index contributed by atoms with van der Waals surface area (Å²) in [6.07, 6.45) is 11.2. The minimum Gasteiger partial charge on any atom is -0.335 e. The predicted molar refractivity (Wildman–Crippen MR) is 125 cm³/mol. The lowest BCUT2D eigenvalue weighted by atomic mass is 9.96. The van der Waals surface area contributed by atoms with Crippen molar-refractivity contribution in [1.29, 1.82) is 0 Å². The second kappa shape index (κ2) is 9.99. The van der Waals surface area contributed by atoms with Crippen LogP contribution in [0, 0.1) is 0 Å². The van der Waals surface area contributed by atoms with E-state index in [9.17, 15) is 14.4 Å². The van der Waals surface area contributed by atoms with E-state index in [1.54, 1.807) is 22.0 Å². The van der Waals surface area contributed by atoms with Gasteiger partial charge in [-0.2, -0.15) is 0 Å². The minimum absolute atomic E-state index is 0.0122. The fourth-order valence-electron chi connectivity index (χ4n) is 4.38. The molecule has 166 valence electrons. The van der Waals surface area contributed by atoms with Crippen LogP contribution in [-0.2, 0) is 24.2 Å². The molecule has 2 N–H and O–H groups in total. The van der Waals surface area contributed by atoms with Gasteiger partial charge >= 0.3 is 6.03 Å². The Balaban J connectivity index is 1.46. The van der Waals surface area contributed by atoms with Crippen LogP contribution in [0.5, 0.6) is 0 Å². The van der Waals surface area contributed by atoms with Gasteiger partial charge in [-0.25, -0.2) is 9.78 Å². The van der Waals surface area contributed by atoms with Gasteiger partial charge in [0.25, 0.3) is 5.56 Å². The summed E-state index contributed by atoms with van der Waals surface area (Å²) in [5.74, 6) is -0.388. The highest BCUT2D eigenvalue weighted by atomic mass is 32.2. The van der Waals surface area contributed by atoms with Crippen LogP contribution in [0.3, 0.4) is 0 Å². The second-order valence-electron chi connectivity index (χ2n) is 8.14. The van der Waals surface area contributed by atoms with Gasteiger partial charge in [0, 0.05) is 17.5 Å². The third-order valence-corrected chi connectivity index (χ3v) is 8.04. The van der Waals surface area contributed by atoms with Gasteiger partial charge in [0.1, 0.15) is 4.83 Å². The fourth-order valence-corrected chi connectivity index (χ4v) is 6.49. The summed E-state index contributed by atoms with van der Waals surface area (Å²) in [7, 11) is 0. The summed E-state index contributed by atoms with van der Waals surface area (Å²) in [6.45, 7) is 4.09. The lowest BCUT2D eigenvalue weighted by Gasteiger charge is -2.22. The Morgan fingerprint density at radius 2 is 1.97 bits per heavy atom. The van der Waals surface area contributed by atoms with E-state index < -0.39 is 11.9 Å². The maximum absolute atomic E-state index is 13.2.